The molecule has 0 bridgehead atoms. The summed E-state index contributed by atoms with van der Waals surface area (Å²) in [6, 6.07) is 0. The SMILES string of the molecule is CCCCN.O=[P+](O)O. The standard InChI is InChI=1S/C4H11N.HO3P/c1-2-3-4-5;1-4(2)3/h2-5H2,1H3;(H-,1,2,3)/p+1. The predicted octanol–water partition coefficient (Wildman–Crippen LogP) is 0.374. The van der Waals surface area contributed by atoms with Crippen LogP contribution in [0.25, 0.3) is 0 Å². The Morgan fingerprint density at radius 1 is 1.56 bits per heavy atom. The second kappa shape index (κ2) is 10.9. The maximum absolute atomic E-state index is 8.70. The minimum atomic E-state index is -2.87. The summed E-state index contributed by atoms with van der Waals surface area (Å²) in [5.74, 6) is 0. The van der Waals surface area contributed by atoms with Gasteiger partial charge in [0.2, 0.25) is 0 Å². The van der Waals surface area contributed by atoms with Gasteiger partial charge >= 0.3 is 8.25 Å². The lowest BCUT2D eigenvalue weighted by Gasteiger charge is -1.80. The van der Waals surface area contributed by atoms with Crippen LogP contribution in [0.4, 0.5) is 0 Å². The fraction of sp³-hybridized carbons (Fsp3) is 1.00. The van der Waals surface area contributed by atoms with Gasteiger partial charge in [-0.05, 0) is 13.0 Å². The van der Waals surface area contributed by atoms with Crippen molar-refractivity contribution in [3.63, 3.8) is 0 Å². The molecule has 0 radical (unpaired) electrons. The van der Waals surface area contributed by atoms with E-state index < -0.39 is 8.25 Å². The zero-order chi connectivity index (χ0) is 7.70. The average molecular weight is 154 g/mol. The van der Waals surface area contributed by atoms with Crippen molar-refractivity contribution >= 4 is 8.25 Å². The monoisotopic (exact) mass is 154 g/mol. The van der Waals surface area contributed by atoms with Crippen molar-refractivity contribution < 1.29 is 14.4 Å². The van der Waals surface area contributed by atoms with E-state index in [0.717, 1.165) is 6.54 Å². The third-order valence-electron chi connectivity index (χ3n) is 0.558. The first-order valence-corrected chi connectivity index (χ1v) is 3.86. The van der Waals surface area contributed by atoms with E-state index in [9.17, 15) is 0 Å². The molecule has 0 heterocycles. The Hall–Kier alpha value is -0.0200. The molecule has 0 saturated carbocycles. The van der Waals surface area contributed by atoms with E-state index in [2.05, 4.69) is 6.92 Å². The summed E-state index contributed by atoms with van der Waals surface area (Å²) in [5, 5.41) is 0. The van der Waals surface area contributed by atoms with Crippen LogP contribution in [0.15, 0.2) is 0 Å². The van der Waals surface area contributed by atoms with Crippen molar-refractivity contribution in [1.82, 2.24) is 0 Å². The van der Waals surface area contributed by atoms with Crippen molar-refractivity contribution in [1.29, 1.82) is 0 Å². The van der Waals surface area contributed by atoms with Crippen molar-refractivity contribution in [2.24, 2.45) is 5.73 Å². The Balaban J connectivity index is 0. The van der Waals surface area contributed by atoms with Crippen LogP contribution in [0.1, 0.15) is 19.8 Å². The van der Waals surface area contributed by atoms with E-state index in [4.69, 9.17) is 20.1 Å². The molecule has 5 heteroatoms. The molecule has 4 N–H and O–H groups in total. The van der Waals surface area contributed by atoms with Crippen molar-refractivity contribution in [3.8, 4) is 0 Å². The molecule has 0 aliphatic rings. The first-order valence-electron chi connectivity index (χ1n) is 2.70. The van der Waals surface area contributed by atoms with Crippen molar-refractivity contribution in [3.05, 3.63) is 0 Å². The second-order valence-electron chi connectivity index (χ2n) is 1.39. The van der Waals surface area contributed by atoms with Crippen LogP contribution in [0, 0.1) is 0 Å². The molecule has 0 atom stereocenters. The van der Waals surface area contributed by atoms with Crippen LogP contribution < -0.4 is 5.73 Å². The lowest BCUT2D eigenvalue weighted by atomic mass is 10.3. The van der Waals surface area contributed by atoms with Crippen LogP contribution in [-0.2, 0) is 4.57 Å². The summed E-state index contributed by atoms with van der Waals surface area (Å²) < 4.78 is 8.70. The smallest absolute Gasteiger partial charge is 0.330 e. The fourth-order valence-electron chi connectivity index (χ4n) is 0.204. The van der Waals surface area contributed by atoms with Gasteiger partial charge in [-0.1, -0.05) is 13.3 Å². The van der Waals surface area contributed by atoms with Gasteiger partial charge in [0.15, 0.2) is 0 Å². The molecule has 0 aliphatic heterocycles. The normalized spacial score (nSPS) is 7.56. The highest BCUT2D eigenvalue weighted by atomic mass is 31.1. The van der Waals surface area contributed by atoms with Gasteiger partial charge in [-0.15, -0.1) is 9.79 Å². The molecule has 4 nitrogen and oxygen atoms in total. The summed E-state index contributed by atoms with van der Waals surface area (Å²) in [6.07, 6.45) is 2.39. The van der Waals surface area contributed by atoms with E-state index in [1.54, 1.807) is 0 Å². The summed E-state index contributed by atoms with van der Waals surface area (Å²) in [6.45, 7) is 2.98. The van der Waals surface area contributed by atoms with E-state index in [0.29, 0.717) is 0 Å². The molecule has 0 aliphatic carbocycles. The van der Waals surface area contributed by atoms with Crippen molar-refractivity contribution in [2.45, 2.75) is 19.8 Å². The van der Waals surface area contributed by atoms with Crippen LogP contribution in [0.5, 0.6) is 0 Å². The molecular formula is C4H13NO3P+. The summed E-state index contributed by atoms with van der Waals surface area (Å²) in [7, 11) is -2.87. The molecule has 0 spiro atoms. The van der Waals surface area contributed by atoms with Gasteiger partial charge in [0.25, 0.3) is 0 Å². The van der Waals surface area contributed by atoms with E-state index in [1.165, 1.54) is 12.8 Å². The summed E-state index contributed by atoms with van der Waals surface area (Å²) >= 11 is 0. The maximum atomic E-state index is 8.70. The zero-order valence-corrected chi connectivity index (χ0v) is 6.34. The average Bonchev–Trinajstić information content (AvgIpc) is 1.66. The predicted molar refractivity (Wildman–Crippen MR) is 36.0 cm³/mol. The third-order valence-corrected chi connectivity index (χ3v) is 0.558. The largest absolute Gasteiger partial charge is 0.692 e. The molecule has 0 aromatic rings. The van der Waals surface area contributed by atoms with Crippen LogP contribution in [-0.4, -0.2) is 16.3 Å². The lowest BCUT2D eigenvalue weighted by Crippen LogP contribution is -1.95. The Morgan fingerprint density at radius 2 is 1.89 bits per heavy atom. The number of hydrogen-bond acceptors (Lipinski definition) is 2. The molecule has 0 rings (SSSR count). The molecule has 0 amide bonds. The van der Waals surface area contributed by atoms with Gasteiger partial charge in [-0.2, -0.15) is 0 Å². The number of rotatable bonds is 2. The maximum Gasteiger partial charge on any atom is 0.692 e. The van der Waals surface area contributed by atoms with Crippen LogP contribution >= 0.6 is 8.25 Å². The van der Waals surface area contributed by atoms with Gasteiger partial charge in [0, 0.05) is 4.57 Å². The molecule has 0 aromatic carbocycles. The molecule has 9 heavy (non-hydrogen) atoms. The van der Waals surface area contributed by atoms with E-state index in [-0.39, 0.29) is 0 Å². The number of unbranched alkanes of at least 4 members (excludes halogenated alkanes) is 1. The summed E-state index contributed by atoms with van der Waals surface area (Å²) in [4.78, 5) is 14.2. The Bertz CT molecular complexity index is 62.8. The lowest BCUT2D eigenvalue weighted by molar-refractivity contribution is 0.405. The molecule has 0 unspecified atom stereocenters. The Labute approximate surface area is 55.6 Å². The summed E-state index contributed by atoms with van der Waals surface area (Å²) in [5.41, 5.74) is 5.14. The Morgan fingerprint density at radius 3 is 1.89 bits per heavy atom. The molecule has 0 aromatic heterocycles. The second-order valence-corrected chi connectivity index (χ2v) is 1.90. The Kier molecular flexibility index (Phi) is 14.2. The quantitative estimate of drug-likeness (QED) is 0.502. The number of nitrogens with two attached hydrogens (primary N) is 1. The highest BCUT2D eigenvalue weighted by Gasteiger charge is 1.93. The van der Waals surface area contributed by atoms with Gasteiger partial charge in [0.1, 0.15) is 0 Å². The first-order chi connectivity index (χ1) is 4.15. The van der Waals surface area contributed by atoms with Gasteiger partial charge in [-0.25, -0.2) is 0 Å². The van der Waals surface area contributed by atoms with Gasteiger partial charge in [-0.3, -0.25) is 0 Å². The molecule has 56 valence electrons. The topological polar surface area (TPSA) is 83.6 Å². The number of hydrogen-bond donors (Lipinski definition) is 3. The van der Waals surface area contributed by atoms with Crippen molar-refractivity contribution in [2.75, 3.05) is 6.54 Å². The van der Waals surface area contributed by atoms with E-state index in [1.807, 2.05) is 0 Å². The minimum Gasteiger partial charge on any atom is -0.330 e. The minimum absolute atomic E-state index is 0.844. The highest BCUT2D eigenvalue weighted by molar-refractivity contribution is 7.30. The van der Waals surface area contributed by atoms with Crippen LogP contribution in [0.3, 0.4) is 0 Å². The molecule has 0 saturated heterocycles. The first kappa shape index (κ1) is 11.7. The van der Waals surface area contributed by atoms with Crippen LogP contribution in [0.2, 0.25) is 0 Å². The van der Waals surface area contributed by atoms with Gasteiger partial charge in [0.05, 0.1) is 0 Å². The zero-order valence-electron chi connectivity index (χ0n) is 5.45. The highest BCUT2D eigenvalue weighted by Crippen LogP contribution is 1.98. The van der Waals surface area contributed by atoms with E-state index >= 15 is 0 Å². The van der Waals surface area contributed by atoms with Gasteiger partial charge < -0.3 is 5.73 Å². The third kappa shape index (κ3) is 72.8. The molecule has 0 fully saturated rings. The molecular weight excluding hydrogens is 141 g/mol. The fourth-order valence-corrected chi connectivity index (χ4v) is 0.204.